The first kappa shape index (κ1) is 20.5. The molecule has 5 nitrogen and oxygen atoms in total. The van der Waals surface area contributed by atoms with Gasteiger partial charge in [-0.25, -0.2) is 0 Å². The fourth-order valence-corrected chi connectivity index (χ4v) is 1.75. The molecular weight excluding hydrogens is 304 g/mol. The fraction of sp³-hybridized carbons (Fsp3) is 0.562. The highest BCUT2D eigenvalue weighted by Gasteiger charge is 2.10. The van der Waals surface area contributed by atoms with Crippen LogP contribution in [-0.4, -0.2) is 25.2 Å². The first-order valence-electron chi connectivity index (χ1n) is 7.51. The Kier molecular flexibility index (Phi) is 10.4. The third-order valence-corrected chi connectivity index (χ3v) is 2.66. The number of carbonyl (C=O) groups is 1. The van der Waals surface area contributed by atoms with E-state index < -0.39 is 0 Å². The molecule has 0 bridgehead atoms. The lowest BCUT2D eigenvalue weighted by atomic mass is 10.2. The molecule has 0 saturated heterocycles. The Labute approximate surface area is 139 Å². The van der Waals surface area contributed by atoms with E-state index in [1.165, 1.54) is 0 Å². The molecule has 22 heavy (non-hydrogen) atoms. The van der Waals surface area contributed by atoms with Gasteiger partial charge in [-0.2, -0.15) is 0 Å². The molecule has 1 aromatic carbocycles. The normalized spacial score (nSPS) is 11.3. The number of nitrogens with two attached hydrogens (primary N) is 1. The Bertz CT molecular complexity index is 453. The van der Waals surface area contributed by atoms with Gasteiger partial charge in [0.1, 0.15) is 0 Å². The summed E-state index contributed by atoms with van der Waals surface area (Å²) in [4.78, 5) is 11.7. The zero-order valence-electron chi connectivity index (χ0n) is 13.6. The predicted octanol–water partition coefficient (Wildman–Crippen LogP) is 3.36. The highest BCUT2D eigenvalue weighted by Crippen LogP contribution is 2.31. The number of benzene rings is 1. The van der Waals surface area contributed by atoms with E-state index in [-0.39, 0.29) is 24.4 Å². The smallest absolute Gasteiger partial charge is 0.225 e. The van der Waals surface area contributed by atoms with E-state index in [2.05, 4.69) is 12.2 Å². The van der Waals surface area contributed by atoms with Crippen molar-refractivity contribution in [3.05, 3.63) is 18.2 Å². The Hall–Kier alpha value is -1.46. The lowest BCUT2D eigenvalue weighted by Crippen LogP contribution is -2.24. The zero-order chi connectivity index (χ0) is 15.7. The van der Waals surface area contributed by atoms with Crippen LogP contribution in [-0.2, 0) is 4.79 Å². The van der Waals surface area contributed by atoms with Gasteiger partial charge in [0.05, 0.1) is 13.2 Å². The summed E-state index contributed by atoms with van der Waals surface area (Å²) in [7, 11) is 0. The molecule has 0 aliphatic rings. The number of nitrogens with one attached hydrogen (secondary N) is 1. The quantitative estimate of drug-likeness (QED) is 0.728. The average molecular weight is 331 g/mol. The second-order valence-corrected chi connectivity index (χ2v) is 5.09. The number of hydrogen-bond donors (Lipinski definition) is 2. The Morgan fingerprint density at radius 3 is 2.32 bits per heavy atom. The van der Waals surface area contributed by atoms with Crippen molar-refractivity contribution in [2.24, 2.45) is 5.73 Å². The van der Waals surface area contributed by atoms with Crippen molar-refractivity contribution in [3.63, 3.8) is 0 Å². The maximum absolute atomic E-state index is 11.7. The van der Waals surface area contributed by atoms with E-state index in [1.54, 1.807) is 13.0 Å². The molecular formula is C16H27ClN2O3. The van der Waals surface area contributed by atoms with E-state index in [0.29, 0.717) is 36.8 Å². The molecule has 0 aromatic heterocycles. The van der Waals surface area contributed by atoms with Crippen LogP contribution in [0.25, 0.3) is 0 Å². The zero-order valence-corrected chi connectivity index (χ0v) is 14.4. The number of carbonyl (C=O) groups excluding carboxylic acids is 1. The van der Waals surface area contributed by atoms with Crippen LogP contribution in [0.2, 0.25) is 0 Å². The Balaban J connectivity index is 0.00000441. The maximum Gasteiger partial charge on any atom is 0.225 e. The summed E-state index contributed by atoms with van der Waals surface area (Å²) >= 11 is 0. The molecule has 0 spiro atoms. The van der Waals surface area contributed by atoms with Gasteiger partial charge in [0.15, 0.2) is 11.5 Å². The van der Waals surface area contributed by atoms with Crippen LogP contribution in [0.3, 0.4) is 0 Å². The molecule has 3 N–H and O–H groups in total. The summed E-state index contributed by atoms with van der Waals surface area (Å²) in [5.41, 5.74) is 6.31. The lowest BCUT2D eigenvalue weighted by Gasteiger charge is -2.14. The monoisotopic (exact) mass is 330 g/mol. The number of amides is 1. The van der Waals surface area contributed by atoms with Crippen LogP contribution in [0.5, 0.6) is 11.5 Å². The van der Waals surface area contributed by atoms with Crippen LogP contribution in [0, 0.1) is 0 Å². The van der Waals surface area contributed by atoms with E-state index in [9.17, 15) is 4.79 Å². The van der Waals surface area contributed by atoms with E-state index in [0.717, 1.165) is 12.8 Å². The molecule has 0 aliphatic heterocycles. The maximum atomic E-state index is 11.7. The first-order chi connectivity index (χ1) is 10.1. The van der Waals surface area contributed by atoms with E-state index >= 15 is 0 Å². The van der Waals surface area contributed by atoms with Gasteiger partial charge in [0, 0.05) is 24.2 Å². The number of ether oxygens (including phenoxy) is 2. The molecule has 1 unspecified atom stereocenters. The van der Waals surface area contributed by atoms with Crippen LogP contribution in [0.15, 0.2) is 18.2 Å². The molecule has 0 fully saturated rings. The van der Waals surface area contributed by atoms with Crippen molar-refractivity contribution in [2.75, 3.05) is 18.5 Å². The van der Waals surface area contributed by atoms with Gasteiger partial charge in [-0.1, -0.05) is 13.8 Å². The fourth-order valence-electron chi connectivity index (χ4n) is 1.75. The number of anilines is 1. The second-order valence-electron chi connectivity index (χ2n) is 5.09. The third kappa shape index (κ3) is 7.52. The van der Waals surface area contributed by atoms with Crippen LogP contribution in [0.1, 0.15) is 40.0 Å². The molecule has 6 heteroatoms. The summed E-state index contributed by atoms with van der Waals surface area (Å²) in [6.45, 7) is 7.14. The van der Waals surface area contributed by atoms with Crippen molar-refractivity contribution >= 4 is 24.0 Å². The van der Waals surface area contributed by atoms with Gasteiger partial charge in [0.2, 0.25) is 5.91 Å². The van der Waals surface area contributed by atoms with Crippen LogP contribution < -0.4 is 20.5 Å². The number of rotatable bonds is 9. The predicted molar refractivity (Wildman–Crippen MR) is 92.2 cm³/mol. The SMILES string of the molecule is CCCOc1ccc(NC(=O)CC(C)N)cc1OCCC.Cl. The molecule has 126 valence electrons. The minimum Gasteiger partial charge on any atom is -0.490 e. The standard InChI is InChI=1S/C16H26N2O3.ClH/c1-4-8-20-14-7-6-13(11-15(14)21-9-5-2)18-16(19)10-12(3)17;/h6-7,11-12H,4-5,8-10,17H2,1-3H3,(H,18,19);1H. The van der Waals surface area contributed by atoms with Crippen molar-refractivity contribution in [1.29, 1.82) is 0 Å². The van der Waals surface area contributed by atoms with Crippen LogP contribution in [0.4, 0.5) is 5.69 Å². The highest BCUT2D eigenvalue weighted by molar-refractivity contribution is 5.91. The van der Waals surface area contributed by atoms with Gasteiger partial charge in [-0.05, 0) is 31.9 Å². The molecule has 0 heterocycles. The van der Waals surface area contributed by atoms with Gasteiger partial charge < -0.3 is 20.5 Å². The van der Waals surface area contributed by atoms with Crippen molar-refractivity contribution in [1.82, 2.24) is 0 Å². The summed E-state index contributed by atoms with van der Waals surface area (Å²) in [6, 6.07) is 5.26. The Morgan fingerprint density at radius 1 is 1.18 bits per heavy atom. The topological polar surface area (TPSA) is 73.6 Å². The molecule has 1 amide bonds. The molecule has 0 saturated carbocycles. The molecule has 0 aliphatic carbocycles. The average Bonchev–Trinajstić information content (AvgIpc) is 2.43. The first-order valence-corrected chi connectivity index (χ1v) is 7.51. The van der Waals surface area contributed by atoms with Gasteiger partial charge >= 0.3 is 0 Å². The van der Waals surface area contributed by atoms with E-state index in [1.807, 2.05) is 19.1 Å². The Morgan fingerprint density at radius 2 is 1.77 bits per heavy atom. The lowest BCUT2D eigenvalue weighted by molar-refractivity contribution is -0.116. The number of halogens is 1. The molecule has 1 atom stereocenters. The summed E-state index contributed by atoms with van der Waals surface area (Å²) < 4.78 is 11.3. The largest absolute Gasteiger partial charge is 0.490 e. The second kappa shape index (κ2) is 11.2. The van der Waals surface area contributed by atoms with Gasteiger partial charge in [0.25, 0.3) is 0 Å². The molecule has 1 rings (SSSR count). The van der Waals surface area contributed by atoms with Gasteiger partial charge in [-0.3, -0.25) is 4.79 Å². The molecule has 0 radical (unpaired) electrons. The van der Waals surface area contributed by atoms with Crippen LogP contribution >= 0.6 is 12.4 Å². The summed E-state index contributed by atoms with van der Waals surface area (Å²) in [6.07, 6.45) is 2.13. The van der Waals surface area contributed by atoms with E-state index in [4.69, 9.17) is 15.2 Å². The van der Waals surface area contributed by atoms with Gasteiger partial charge in [-0.15, -0.1) is 12.4 Å². The van der Waals surface area contributed by atoms with Crippen molar-refractivity contribution in [3.8, 4) is 11.5 Å². The molecule has 1 aromatic rings. The third-order valence-electron chi connectivity index (χ3n) is 2.66. The minimum absolute atomic E-state index is 0. The summed E-state index contributed by atoms with van der Waals surface area (Å²) in [5.74, 6) is 1.26. The number of hydrogen-bond acceptors (Lipinski definition) is 4. The van der Waals surface area contributed by atoms with Crippen molar-refractivity contribution < 1.29 is 14.3 Å². The highest BCUT2D eigenvalue weighted by atomic mass is 35.5. The van der Waals surface area contributed by atoms with Crippen molar-refractivity contribution in [2.45, 2.75) is 46.1 Å². The summed E-state index contributed by atoms with van der Waals surface area (Å²) in [5, 5.41) is 2.82. The minimum atomic E-state index is -0.159.